The van der Waals surface area contributed by atoms with E-state index < -0.39 is 41.5 Å². The number of alkyl carbamates (subject to hydrolysis) is 1. The Balaban J connectivity index is 2.64. The van der Waals surface area contributed by atoms with Crippen LogP contribution in [0.5, 0.6) is 0 Å². The summed E-state index contributed by atoms with van der Waals surface area (Å²) in [5.41, 5.74) is -0.652. The number of hydrogen-bond acceptors (Lipinski definition) is 6. The highest BCUT2D eigenvalue weighted by molar-refractivity contribution is 5.90. The monoisotopic (exact) mass is 273 g/mol. The molecular weight excluding hydrogens is 254 g/mol. The summed E-state index contributed by atoms with van der Waals surface area (Å²) in [5.74, 6) is -2.55. The van der Waals surface area contributed by atoms with Gasteiger partial charge >= 0.3 is 18.0 Å². The van der Waals surface area contributed by atoms with Gasteiger partial charge in [0.25, 0.3) is 0 Å². The van der Waals surface area contributed by atoms with Crippen molar-refractivity contribution < 1.29 is 28.6 Å². The molecule has 0 aromatic heterocycles. The molecule has 2 atom stereocenters. The Hall–Kier alpha value is -1.79. The van der Waals surface area contributed by atoms with Crippen molar-refractivity contribution in [1.29, 1.82) is 0 Å². The number of carbonyl (C=O) groups is 3. The maximum atomic E-state index is 11.6. The molecular formula is C12H19NO6. The molecule has 7 heteroatoms. The fourth-order valence-electron chi connectivity index (χ4n) is 1.79. The lowest BCUT2D eigenvalue weighted by Crippen LogP contribution is -2.35. The Morgan fingerprint density at radius 2 is 1.37 bits per heavy atom. The first kappa shape index (κ1) is 15.3. The minimum absolute atomic E-state index is 0.559. The molecule has 7 nitrogen and oxygen atoms in total. The van der Waals surface area contributed by atoms with Crippen molar-refractivity contribution in [3.63, 3.8) is 0 Å². The summed E-state index contributed by atoms with van der Waals surface area (Å²) >= 11 is 0. The lowest BCUT2D eigenvalue weighted by molar-refractivity contribution is -0.148. The molecule has 0 bridgehead atoms. The standard InChI is InChI=1S/C12H19NO6/c1-12(2,3)19-11(16)13-8-6(9(14)17-4)7(8)10(15)18-5/h6-8H,1-5H3,(H,13,16)/t6-,7-/m1/s1. The third-order valence-corrected chi connectivity index (χ3v) is 2.65. The van der Waals surface area contributed by atoms with Crippen molar-refractivity contribution in [2.45, 2.75) is 32.4 Å². The Labute approximate surface area is 111 Å². The predicted molar refractivity (Wildman–Crippen MR) is 64.2 cm³/mol. The zero-order valence-corrected chi connectivity index (χ0v) is 11.7. The number of esters is 2. The molecule has 1 rings (SSSR count). The third-order valence-electron chi connectivity index (χ3n) is 2.65. The summed E-state index contributed by atoms with van der Waals surface area (Å²) < 4.78 is 14.2. The van der Waals surface area contributed by atoms with Crippen molar-refractivity contribution in [1.82, 2.24) is 5.32 Å². The Morgan fingerprint density at radius 1 is 0.947 bits per heavy atom. The van der Waals surface area contributed by atoms with Crippen LogP contribution >= 0.6 is 0 Å². The zero-order chi connectivity index (χ0) is 14.8. The molecule has 0 spiro atoms. The van der Waals surface area contributed by atoms with Gasteiger partial charge in [0.1, 0.15) is 5.60 Å². The van der Waals surface area contributed by atoms with Gasteiger partial charge in [0, 0.05) is 0 Å². The van der Waals surface area contributed by atoms with Gasteiger partial charge in [-0.2, -0.15) is 0 Å². The fraction of sp³-hybridized carbons (Fsp3) is 0.750. The first-order valence-corrected chi connectivity index (χ1v) is 5.86. The maximum absolute atomic E-state index is 11.6. The molecule has 19 heavy (non-hydrogen) atoms. The highest BCUT2D eigenvalue weighted by Gasteiger charge is 2.62. The van der Waals surface area contributed by atoms with Crippen LogP contribution in [0.3, 0.4) is 0 Å². The summed E-state index contributed by atoms with van der Waals surface area (Å²) in [6.45, 7) is 5.15. The second kappa shape index (κ2) is 5.46. The number of nitrogens with one attached hydrogen (secondary N) is 1. The number of ether oxygens (including phenoxy) is 3. The van der Waals surface area contributed by atoms with E-state index in [1.165, 1.54) is 14.2 Å². The molecule has 0 radical (unpaired) electrons. The van der Waals surface area contributed by atoms with Crippen LogP contribution in [0.2, 0.25) is 0 Å². The molecule has 108 valence electrons. The van der Waals surface area contributed by atoms with Crippen LogP contribution in [-0.4, -0.2) is 43.9 Å². The second-order valence-electron chi connectivity index (χ2n) is 5.27. The molecule has 0 aromatic rings. The first-order chi connectivity index (χ1) is 8.71. The number of hydrogen-bond donors (Lipinski definition) is 1. The number of amides is 1. The molecule has 0 aromatic carbocycles. The largest absolute Gasteiger partial charge is 0.469 e. The van der Waals surface area contributed by atoms with Gasteiger partial charge in [-0.1, -0.05) is 0 Å². The van der Waals surface area contributed by atoms with Crippen molar-refractivity contribution in [2.24, 2.45) is 11.8 Å². The Kier molecular flexibility index (Phi) is 4.39. The molecule has 0 unspecified atom stereocenters. The average molecular weight is 273 g/mol. The minimum atomic E-state index is -0.718. The van der Waals surface area contributed by atoms with Crippen LogP contribution in [0.4, 0.5) is 4.79 Å². The lowest BCUT2D eigenvalue weighted by Gasteiger charge is -2.19. The van der Waals surface area contributed by atoms with Gasteiger partial charge in [0.15, 0.2) is 0 Å². The fourth-order valence-corrected chi connectivity index (χ4v) is 1.79. The van der Waals surface area contributed by atoms with Crippen molar-refractivity contribution in [3.05, 3.63) is 0 Å². The van der Waals surface area contributed by atoms with Crippen LogP contribution < -0.4 is 5.32 Å². The molecule has 1 amide bonds. The minimum Gasteiger partial charge on any atom is -0.469 e. The Morgan fingerprint density at radius 3 is 1.68 bits per heavy atom. The van der Waals surface area contributed by atoms with E-state index in [0.29, 0.717) is 0 Å². The van der Waals surface area contributed by atoms with Crippen LogP contribution in [0.1, 0.15) is 20.8 Å². The quantitative estimate of drug-likeness (QED) is 0.594. The third kappa shape index (κ3) is 3.84. The second-order valence-corrected chi connectivity index (χ2v) is 5.27. The zero-order valence-electron chi connectivity index (χ0n) is 11.7. The van der Waals surface area contributed by atoms with E-state index in [9.17, 15) is 14.4 Å². The smallest absolute Gasteiger partial charge is 0.407 e. The summed E-state index contributed by atoms with van der Waals surface area (Å²) in [6.07, 6.45) is -0.683. The van der Waals surface area contributed by atoms with Crippen LogP contribution in [-0.2, 0) is 23.8 Å². The highest BCUT2D eigenvalue weighted by Crippen LogP contribution is 2.41. The first-order valence-electron chi connectivity index (χ1n) is 5.86. The van der Waals surface area contributed by atoms with E-state index >= 15 is 0 Å². The molecule has 0 aliphatic heterocycles. The summed E-state index contributed by atoms with van der Waals surface area (Å²) in [7, 11) is 2.44. The van der Waals surface area contributed by atoms with Gasteiger partial charge in [0.2, 0.25) is 0 Å². The maximum Gasteiger partial charge on any atom is 0.407 e. The SMILES string of the molecule is COC(=O)[C@H]1C(NC(=O)OC(C)(C)C)[C@@H]1C(=O)OC. The summed E-state index contributed by atoms with van der Waals surface area (Å²) in [5, 5.41) is 2.48. The topological polar surface area (TPSA) is 90.9 Å². The van der Waals surface area contributed by atoms with Gasteiger partial charge in [-0.3, -0.25) is 9.59 Å². The molecule has 1 N–H and O–H groups in total. The molecule has 1 saturated carbocycles. The summed E-state index contributed by atoms with van der Waals surface area (Å²) in [6, 6.07) is -0.644. The molecule has 1 fully saturated rings. The van der Waals surface area contributed by atoms with E-state index in [2.05, 4.69) is 14.8 Å². The van der Waals surface area contributed by atoms with Crippen LogP contribution in [0.15, 0.2) is 0 Å². The number of rotatable bonds is 3. The highest BCUT2D eigenvalue weighted by atomic mass is 16.6. The van der Waals surface area contributed by atoms with Crippen molar-refractivity contribution in [2.75, 3.05) is 14.2 Å². The van der Waals surface area contributed by atoms with E-state index in [1.54, 1.807) is 20.8 Å². The van der Waals surface area contributed by atoms with Gasteiger partial charge < -0.3 is 19.5 Å². The Bertz CT molecular complexity index is 364. The van der Waals surface area contributed by atoms with Crippen molar-refractivity contribution >= 4 is 18.0 Å². The average Bonchev–Trinajstić information content (AvgIpc) is 2.98. The van der Waals surface area contributed by atoms with Crippen LogP contribution in [0, 0.1) is 11.8 Å². The normalized spacial score (nSPS) is 25.2. The van der Waals surface area contributed by atoms with Gasteiger partial charge in [-0.05, 0) is 20.8 Å². The molecule has 1 aliphatic carbocycles. The lowest BCUT2D eigenvalue weighted by atomic mass is 10.2. The van der Waals surface area contributed by atoms with Gasteiger partial charge in [0.05, 0.1) is 32.1 Å². The van der Waals surface area contributed by atoms with Gasteiger partial charge in [-0.15, -0.1) is 0 Å². The van der Waals surface area contributed by atoms with E-state index in [4.69, 9.17) is 4.74 Å². The van der Waals surface area contributed by atoms with E-state index in [0.717, 1.165) is 0 Å². The summed E-state index contributed by atoms with van der Waals surface area (Å²) in [4.78, 5) is 34.5. The van der Waals surface area contributed by atoms with Gasteiger partial charge in [-0.25, -0.2) is 4.79 Å². The molecule has 0 saturated heterocycles. The number of methoxy groups -OCH3 is 2. The van der Waals surface area contributed by atoms with E-state index in [-0.39, 0.29) is 0 Å². The van der Waals surface area contributed by atoms with Crippen molar-refractivity contribution in [3.8, 4) is 0 Å². The van der Waals surface area contributed by atoms with E-state index in [1.807, 2.05) is 0 Å². The molecule has 0 heterocycles. The van der Waals surface area contributed by atoms with Crippen LogP contribution in [0.25, 0.3) is 0 Å². The predicted octanol–water partition coefficient (Wildman–Crippen LogP) is 0.472. The number of carbonyl (C=O) groups excluding carboxylic acids is 3. The molecule has 1 aliphatic rings.